The minimum absolute atomic E-state index is 0.0879. The first-order valence-electron chi connectivity index (χ1n) is 5.85. The van der Waals surface area contributed by atoms with Gasteiger partial charge in [-0.2, -0.15) is 0 Å². The average molecular weight is 231 g/mol. The third-order valence-corrected chi connectivity index (χ3v) is 3.74. The molecular weight excluding hydrogens is 212 g/mol. The summed E-state index contributed by atoms with van der Waals surface area (Å²) in [7, 11) is 0. The number of carbonyl (C=O) groups is 1. The molecule has 0 aromatic heterocycles. The molecule has 0 N–H and O–H groups in total. The van der Waals surface area contributed by atoms with Crippen LogP contribution in [-0.4, -0.2) is 53.3 Å². The Morgan fingerprint density at radius 3 is 2.27 bits per heavy atom. The molecule has 1 amide bonds. The number of nitrogens with zero attached hydrogens (tertiary/aromatic N) is 2. The number of amides is 1. The molecule has 0 unspecified atom stereocenters. The van der Waals surface area contributed by atoms with Gasteiger partial charge in [0.15, 0.2) is 0 Å². The van der Waals surface area contributed by atoms with Crippen LogP contribution in [0.4, 0.5) is 0 Å². The topological polar surface area (TPSA) is 23.6 Å². The highest BCUT2D eigenvalue weighted by molar-refractivity contribution is 6.30. The van der Waals surface area contributed by atoms with E-state index in [0.717, 1.165) is 32.2 Å². The number of carbonyl (C=O) groups excluding carboxylic acids is 1. The number of alkyl halides is 1. The highest BCUT2D eigenvalue weighted by Gasteiger charge is 2.30. The second-order valence-corrected chi connectivity index (χ2v) is 5.22. The molecule has 1 saturated heterocycles. The molecule has 2 aliphatic rings. The van der Waals surface area contributed by atoms with E-state index in [9.17, 15) is 4.79 Å². The predicted molar refractivity (Wildman–Crippen MR) is 61.1 cm³/mol. The molecular formula is C11H19ClN2O. The molecule has 0 spiro atoms. The van der Waals surface area contributed by atoms with Gasteiger partial charge in [0.05, 0.1) is 0 Å². The first-order valence-corrected chi connectivity index (χ1v) is 6.29. The first-order chi connectivity index (χ1) is 7.18. The van der Waals surface area contributed by atoms with E-state index in [0.29, 0.717) is 0 Å². The van der Waals surface area contributed by atoms with Crippen LogP contribution in [-0.2, 0) is 4.79 Å². The maximum absolute atomic E-state index is 11.6. The van der Waals surface area contributed by atoms with Crippen molar-refractivity contribution in [2.24, 2.45) is 0 Å². The van der Waals surface area contributed by atoms with Crippen LogP contribution >= 0.6 is 11.6 Å². The second-order valence-electron chi connectivity index (χ2n) is 4.56. The van der Waals surface area contributed by atoms with E-state index in [1.165, 1.54) is 19.3 Å². The number of halogens is 1. The lowest BCUT2D eigenvalue weighted by Crippen LogP contribution is -2.54. The van der Waals surface area contributed by atoms with Crippen LogP contribution in [0.25, 0.3) is 0 Å². The Morgan fingerprint density at radius 1 is 1.27 bits per heavy atom. The van der Waals surface area contributed by atoms with Crippen LogP contribution in [0.5, 0.6) is 0 Å². The number of piperazine rings is 1. The Balaban J connectivity index is 1.78. The van der Waals surface area contributed by atoms with Gasteiger partial charge in [0.25, 0.3) is 0 Å². The van der Waals surface area contributed by atoms with Gasteiger partial charge in [-0.25, -0.2) is 0 Å². The molecule has 3 nitrogen and oxygen atoms in total. The summed E-state index contributed by atoms with van der Waals surface area (Å²) in [5.74, 6) is 0.0879. The summed E-state index contributed by atoms with van der Waals surface area (Å²) in [4.78, 5) is 16.0. The van der Waals surface area contributed by atoms with E-state index in [2.05, 4.69) is 4.90 Å². The van der Waals surface area contributed by atoms with Crippen molar-refractivity contribution in [3.8, 4) is 0 Å². The molecule has 86 valence electrons. The van der Waals surface area contributed by atoms with Crippen molar-refractivity contribution in [2.45, 2.75) is 37.6 Å². The Bertz CT molecular complexity index is 233. The van der Waals surface area contributed by atoms with Gasteiger partial charge in [0.2, 0.25) is 5.91 Å². The molecule has 1 aliphatic heterocycles. The number of hydrogen-bond donors (Lipinski definition) is 0. The van der Waals surface area contributed by atoms with Crippen molar-refractivity contribution in [3.05, 3.63) is 0 Å². The van der Waals surface area contributed by atoms with E-state index >= 15 is 0 Å². The van der Waals surface area contributed by atoms with E-state index in [4.69, 9.17) is 11.6 Å². The zero-order valence-electron chi connectivity index (χ0n) is 9.29. The van der Waals surface area contributed by atoms with Crippen LogP contribution in [0.3, 0.4) is 0 Å². The average Bonchev–Trinajstić information content (AvgIpc) is 2.15. The lowest BCUT2D eigenvalue weighted by atomic mass is 9.91. The van der Waals surface area contributed by atoms with Crippen molar-refractivity contribution in [2.75, 3.05) is 26.2 Å². The second kappa shape index (κ2) is 4.71. The van der Waals surface area contributed by atoms with Gasteiger partial charge >= 0.3 is 0 Å². The van der Waals surface area contributed by atoms with Gasteiger partial charge in [-0.3, -0.25) is 9.69 Å². The third-order valence-electron chi connectivity index (χ3n) is 3.56. The van der Waals surface area contributed by atoms with E-state index in [1.54, 1.807) is 6.92 Å². The van der Waals surface area contributed by atoms with Gasteiger partial charge < -0.3 is 4.90 Å². The minimum Gasteiger partial charge on any atom is -0.339 e. The van der Waals surface area contributed by atoms with E-state index in [1.807, 2.05) is 4.90 Å². The summed E-state index contributed by atoms with van der Waals surface area (Å²) in [6, 6.07) is 0.802. The lowest BCUT2D eigenvalue weighted by Gasteiger charge is -2.43. The number of hydrogen-bond acceptors (Lipinski definition) is 2. The van der Waals surface area contributed by atoms with Crippen LogP contribution in [0.15, 0.2) is 0 Å². The zero-order chi connectivity index (χ0) is 10.8. The summed E-state index contributed by atoms with van der Waals surface area (Å²) < 4.78 is 0. The van der Waals surface area contributed by atoms with Gasteiger partial charge in [-0.1, -0.05) is 6.42 Å². The standard InChI is InChI=1S/C11H19ClN2O/c1-9(12)11(15)14-7-5-13(6-8-14)10-3-2-4-10/h9-10H,2-8H2,1H3/t9-/m0/s1. The maximum atomic E-state index is 11.6. The predicted octanol–water partition coefficient (Wildman–Crippen LogP) is 1.31. The molecule has 2 fully saturated rings. The van der Waals surface area contributed by atoms with Gasteiger partial charge in [-0.05, 0) is 19.8 Å². The molecule has 1 aliphatic carbocycles. The van der Waals surface area contributed by atoms with E-state index in [-0.39, 0.29) is 11.3 Å². The smallest absolute Gasteiger partial charge is 0.240 e. The van der Waals surface area contributed by atoms with Crippen molar-refractivity contribution >= 4 is 17.5 Å². The molecule has 0 aromatic carbocycles. The summed E-state index contributed by atoms with van der Waals surface area (Å²) in [6.45, 7) is 5.51. The third kappa shape index (κ3) is 2.45. The summed E-state index contributed by atoms with van der Waals surface area (Å²) in [6.07, 6.45) is 4.07. The Kier molecular flexibility index (Phi) is 3.52. The van der Waals surface area contributed by atoms with Crippen molar-refractivity contribution in [3.63, 3.8) is 0 Å². The van der Waals surface area contributed by atoms with Gasteiger partial charge in [-0.15, -0.1) is 11.6 Å². The molecule has 0 bridgehead atoms. The highest BCUT2D eigenvalue weighted by Crippen LogP contribution is 2.25. The molecule has 0 radical (unpaired) electrons. The van der Waals surface area contributed by atoms with Gasteiger partial charge in [0.1, 0.15) is 5.38 Å². The SMILES string of the molecule is C[C@H](Cl)C(=O)N1CCN(C2CCC2)CC1. The lowest BCUT2D eigenvalue weighted by molar-refractivity contribution is -0.132. The fourth-order valence-electron chi connectivity index (χ4n) is 2.31. The molecule has 1 atom stereocenters. The molecule has 4 heteroatoms. The van der Waals surface area contributed by atoms with Crippen molar-refractivity contribution in [1.29, 1.82) is 0 Å². The molecule has 2 rings (SSSR count). The normalized spacial score (nSPS) is 26.1. The summed E-state index contributed by atoms with van der Waals surface area (Å²) in [5, 5.41) is -0.375. The Morgan fingerprint density at radius 2 is 1.87 bits per heavy atom. The molecule has 0 aromatic rings. The monoisotopic (exact) mass is 230 g/mol. The maximum Gasteiger partial charge on any atom is 0.240 e. The fraction of sp³-hybridized carbons (Fsp3) is 0.909. The first kappa shape index (κ1) is 11.2. The van der Waals surface area contributed by atoms with Gasteiger partial charge in [0, 0.05) is 32.2 Å². The van der Waals surface area contributed by atoms with Crippen LogP contribution in [0, 0.1) is 0 Å². The van der Waals surface area contributed by atoms with E-state index < -0.39 is 0 Å². The molecule has 1 heterocycles. The van der Waals surface area contributed by atoms with Crippen LogP contribution in [0.2, 0.25) is 0 Å². The summed E-state index contributed by atoms with van der Waals surface area (Å²) in [5.41, 5.74) is 0. The van der Waals surface area contributed by atoms with Crippen LogP contribution in [0.1, 0.15) is 26.2 Å². The Hall–Kier alpha value is -0.280. The minimum atomic E-state index is -0.375. The highest BCUT2D eigenvalue weighted by atomic mass is 35.5. The largest absolute Gasteiger partial charge is 0.339 e. The quantitative estimate of drug-likeness (QED) is 0.668. The van der Waals surface area contributed by atoms with Crippen molar-refractivity contribution < 1.29 is 4.79 Å². The van der Waals surface area contributed by atoms with Crippen LogP contribution < -0.4 is 0 Å². The summed E-state index contributed by atoms with van der Waals surface area (Å²) >= 11 is 5.79. The van der Waals surface area contributed by atoms with Crippen molar-refractivity contribution in [1.82, 2.24) is 9.80 Å². The zero-order valence-corrected chi connectivity index (χ0v) is 10.0. The Labute approximate surface area is 96.4 Å². The fourth-order valence-corrected chi connectivity index (χ4v) is 2.45. The number of rotatable bonds is 2. The molecule has 1 saturated carbocycles. The molecule has 15 heavy (non-hydrogen) atoms.